The summed E-state index contributed by atoms with van der Waals surface area (Å²) < 4.78 is 0. The van der Waals surface area contributed by atoms with E-state index in [1.54, 1.807) is 23.1 Å². The van der Waals surface area contributed by atoms with Gasteiger partial charge in [0.15, 0.2) is 0 Å². The highest BCUT2D eigenvalue weighted by Gasteiger charge is 2.14. The number of thiophene rings is 1. The van der Waals surface area contributed by atoms with Crippen LogP contribution in [0.15, 0.2) is 63.6 Å². The Balaban J connectivity index is 2.13. The first kappa shape index (κ1) is 20.1. The van der Waals surface area contributed by atoms with Gasteiger partial charge in [-0.1, -0.05) is 32.2 Å². The summed E-state index contributed by atoms with van der Waals surface area (Å²) in [5.74, 6) is 1.97. The van der Waals surface area contributed by atoms with Crippen LogP contribution in [0.3, 0.4) is 0 Å². The highest BCUT2D eigenvalue weighted by Crippen LogP contribution is 2.37. The first-order valence-electron chi connectivity index (χ1n) is 8.40. The van der Waals surface area contributed by atoms with Gasteiger partial charge in [-0.25, -0.2) is 4.99 Å². The maximum atomic E-state index is 4.96. The zero-order valence-corrected chi connectivity index (χ0v) is 17.7. The van der Waals surface area contributed by atoms with Crippen LogP contribution < -0.4 is 5.32 Å². The molecule has 0 spiro atoms. The van der Waals surface area contributed by atoms with Crippen molar-refractivity contribution in [2.45, 2.75) is 33.6 Å². The Morgan fingerprint density at radius 1 is 1.32 bits per heavy atom. The quantitative estimate of drug-likeness (QED) is 0.396. The number of hydrogen-bond donors (Lipinski definition) is 1. The molecule has 1 aliphatic rings. The summed E-state index contributed by atoms with van der Waals surface area (Å²) in [6, 6.07) is 4.24. The smallest absolute Gasteiger partial charge is 0.0851 e. The minimum absolute atomic E-state index is 0.794. The van der Waals surface area contributed by atoms with Gasteiger partial charge in [-0.2, -0.15) is 0 Å². The summed E-state index contributed by atoms with van der Waals surface area (Å²) in [6.07, 6.45) is 4.39. The Bertz CT molecular complexity index is 709. The molecule has 0 atom stereocenters. The standard InChI is InChI=1S/C20H26N2S3/c1-6-14(2)21-15(3)13-25-17(5)22-20(19-10-8-12-24-19)16(4)18-9-7-11-23-18/h8-10,12,21H,2-3,6-7,11,13H2,1,4-5H3/b20-16+,22-17+. The van der Waals surface area contributed by atoms with Crippen LogP contribution in [-0.4, -0.2) is 16.5 Å². The molecule has 0 aromatic carbocycles. The zero-order chi connectivity index (χ0) is 18.2. The van der Waals surface area contributed by atoms with Crippen LogP contribution >= 0.6 is 34.9 Å². The van der Waals surface area contributed by atoms with E-state index in [0.717, 1.165) is 40.7 Å². The third-order valence-electron chi connectivity index (χ3n) is 3.69. The molecule has 0 aliphatic carbocycles. The second-order valence-electron chi connectivity index (χ2n) is 5.76. The molecular formula is C20H26N2S3. The molecule has 0 radical (unpaired) electrons. The summed E-state index contributed by atoms with van der Waals surface area (Å²) in [4.78, 5) is 7.55. The van der Waals surface area contributed by atoms with Gasteiger partial charge in [0.2, 0.25) is 0 Å². The lowest BCUT2D eigenvalue weighted by molar-refractivity contribution is 0.906. The molecule has 0 amide bonds. The molecule has 2 nitrogen and oxygen atoms in total. The highest BCUT2D eigenvalue weighted by molar-refractivity contribution is 8.14. The van der Waals surface area contributed by atoms with E-state index >= 15 is 0 Å². The predicted molar refractivity (Wildman–Crippen MR) is 119 cm³/mol. The predicted octanol–water partition coefficient (Wildman–Crippen LogP) is 6.68. The molecule has 25 heavy (non-hydrogen) atoms. The van der Waals surface area contributed by atoms with Gasteiger partial charge < -0.3 is 5.32 Å². The van der Waals surface area contributed by atoms with Gasteiger partial charge >= 0.3 is 0 Å². The van der Waals surface area contributed by atoms with E-state index < -0.39 is 0 Å². The van der Waals surface area contributed by atoms with Crippen molar-refractivity contribution in [1.29, 1.82) is 0 Å². The minimum Gasteiger partial charge on any atom is -0.363 e. The van der Waals surface area contributed by atoms with Crippen molar-refractivity contribution < 1.29 is 0 Å². The molecule has 2 heterocycles. The van der Waals surface area contributed by atoms with E-state index in [0.29, 0.717) is 0 Å². The van der Waals surface area contributed by atoms with Gasteiger partial charge in [0.25, 0.3) is 0 Å². The second-order valence-corrected chi connectivity index (χ2v) is 9.01. The molecule has 1 aromatic heterocycles. The number of hydrogen-bond acceptors (Lipinski definition) is 5. The molecular weight excluding hydrogens is 364 g/mol. The zero-order valence-electron chi connectivity index (χ0n) is 15.2. The van der Waals surface area contributed by atoms with E-state index in [2.05, 4.69) is 62.8 Å². The van der Waals surface area contributed by atoms with Crippen LogP contribution in [-0.2, 0) is 0 Å². The third-order valence-corrected chi connectivity index (χ3v) is 6.79. The average molecular weight is 391 g/mol. The van der Waals surface area contributed by atoms with E-state index in [-0.39, 0.29) is 0 Å². The van der Waals surface area contributed by atoms with Crippen LogP contribution in [0.25, 0.3) is 5.70 Å². The van der Waals surface area contributed by atoms with Crippen molar-refractivity contribution in [1.82, 2.24) is 5.32 Å². The minimum atomic E-state index is 0.794. The van der Waals surface area contributed by atoms with Gasteiger partial charge in [0.05, 0.1) is 15.6 Å². The van der Waals surface area contributed by atoms with Crippen molar-refractivity contribution in [3.05, 3.63) is 63.5 Å². The first-order valence-corrected chi connectivity index (χ1v) is 11.2. The molecule has 2 rings (SSSR count). The first-order chi connectivity index (χ1) is 12.0. The Morgan fingerprint density at radius 3 is 2.72 bits per heavy atom. The summed E-state index contributed by atoms with van der Waals surface area (Å²) in [6.45, 7) is 14.4. The van der Waals surface area contributed by atoms with Gasteiger partial charge in [-0.3, -0.25) is 0 Å². The highest BCUT2D eigenvalue weighted by atomic mass is 32.2. The summed E-state index contributed by atoms with van der Waals surface area (Å²) >= 11 is 5.39. The van der Waals surface area contributed by atoms with Gasteiger partial charge in [0, 0.05) is 27.8 Å². The van der Waals surface area contributed by atoms with E-state index in [9.17, 15) is 0 Å². The normalized spacial score (nSPS) is 15.6. The van der Waals surface area contributed by atoms with Crippen LogP contribution in [0.2, 0.25) is 0 Å². The molecule has 0 unspecified atom stereocenters. The molecule has 0 bridgehead atoms. The third kappa shape index (κ3) is 6.24. The van der Waals surface area contributed by atoms with Gasteiger partial charge in [-0.05, 0) is 43.7 Å². The second kappa shape index (κ2) is 10.1. The average Bonchev–Trinajstić information content (AvgIpc) is 3.30. The van der Waals surface area contributed by atoms with Crippen molar-refractivity contribution in [2.75, 3.05) is 11.5 Å². The van der Waals surface area contributed by atoms with Crippen LogP contribution in [0.1, 0.15) is 38.5 Å². The maximum absolute atomic E-state index is 4.96. The van der Waals surface area contributed by atoms with Crippen molar-refractivity contribution in [3.8, 4) is 0 Å². The molecule has 1 N–H and O–H groups in total. The van der Waals surface area contributed by atoms with Crippen LogP contribution in [0.5, 0.6) is 0 Å². The molecule has 134 valence electrons. The Hall–Kier alpha value is -1.17. The topological polar surface area (TPSA) is 24.4 Å². The fourth-order valence-corrected chi connectivity index (χ4v) is 4.68. The fraction of sp³-hybridized carbons (Fsp3) is 0.350. The van der Waals surface area contributed by atoms with Crippen molar-refractivity contribution in [3.63, 3.8) is 0 Å². The molecule has 1 aromatic rings. The molecule has 0 saturated carbocycles. The SMILES string of the molecule is C=C(CC)NC(=C)CS/C(C)=N/C(=C(\C)C1=CCCS1)c1cccs1. The van der Waals surface area contributed by atoms with Crippen molar-refractivity contribution >= 4 is 45.6 Å². The number of nitrogens with one attached hydrogen (secondary N) is 1. The van der Waals surface area contributed by atoms with E-state index in [1.807, 2.05) is 11.8 Å². The van der Waals surface area contributed by atoms with Crippen LogP contribution in [0.4, 0.5) is 0 Å². The van der Waals surface area contributed by atoms with Crippen LogP contribution in [0, 0.1) is 0 Å². The number of aliphatic imine (C=N–C) groups is 1. The number of allylic oxidation sites excluding steroid dienone is 3. The fourth-order valence-electron chi connectivity index (χ4n) is 2.29. The van der Waals surface area contributed by atoms with Crippen molar-refractivity contribution in [2.24, 2.45) is 4.99 Å². The van der Waals surface area contributed by atoms with Gasteiger partial charge in [0.1, 0.15) is 0 Å². The lowest BCUT2D eigenvalue weighted by atomic mass is 10.2. The Morgan fingerprint density at radius 2 is 2.12 bits per heavy atom. The monoisotopic (exact) mass is 390 g/mol. The molecule has 0 fully saturated rings. The maximum Gasteiger partial charge on any atom is 0.0851 e. The summed E-state index contributed by atoms with van der Waals surface area (Å²) in [5, 5.41) is 6.41. The van der Waals surface area contributed by atoms with E-state index in [4.69, 9.17) is 4.99 Å². The Labute approximate surface area is 164 Å². The lowest BCUT2D eigenvalue weighted by Gasteiger charge is -2.11. The van der Waals surface area contributed by atoms with Gasteiger partial charge in [-0.15, -0.1) is 34.9 Å². The number of rotatable bonds is 8. The largest absolute Gasteiger partial charge is 0.363 e. The number of nitrogens with zero attached hydrogens (tertiary/aromatic N) is 1. The van der Waals surface area contributed by atoms with E-state index in [1.165, 1.54) is 21.1 Å². The molecule has 1 aliphatic heterocycles. The lowest BCUT2D eigenvalue weighted by Crippen LogP contribution is -2.12. The number of thioether (sulfide) groups is 2. The molecule has 0 saturated heterocycles. The summed E-state index contributed by atoms with van der Waals surface area (Å²) in [5.41, 5.74) is 4.35. The Kier molecular flexibility index (Phi) is 8.13. The molecule has 5 heteroatoms. The summed E-state index contributed by atoms with van der Waals surface area (Å²) in [7, 11) is 0.